The van der Waals surface area contributed by atoms with Crippen molar-refractivity contribution in [2.75, 3.05) is 31.3 Å². The number of nitrogens with zero attached hydrogens (tertiary/aromatic N) is 4. The topological polar surface area (TPSA) is 163 Å². The molecule has 1 heterocycles. The molecule has 1 aliphatic rings. The molecule has 1 amide bonds. The zero-order valence-electron chi connectivity index (χ0n) is 27.7. The largest absolute Gasteiger partial charge is 0.494 e. The predicted octanol–water partition coefficient (Wildman–Crippen LogP) is 6.57. The van der Waals surface area contributed by atoms with Crippen LogP contribution in [-0.2, 0) is 31.7 Å². The number of hydrogen-bond acceptors (Lipinski definition) is 9. The van der Waals surface area contributed by atoms with Gasteiger partial charge in [0.15, 0.2) is 21.5 Å². The zero-order valence-corrected chi connectivity index (χ0v) is 29.4. The van der Waals surface area contributed by atoms with Crippen LogP contribution in [0.25, 0.3) is 10.4 Å². The van der Waals surface area contributed by atoms with E-state index in [4.69, 9.17) is 25.1 Å². The molecule has 0 aromatic heterocycles. The van der Waals surface area contributed by atoms with Gasteiger partial charge in [-0.3, -0.25) is 4.79 Å². The summed E-state index contributed by atoms with van der Waals surface area (Å²) in [6.07, 6.45) is -0.815. The number of sulfone groups is 1. The molecule has 11 nitrogen and oxygen atoms in total. The average Bonchev–Trinajstić information content (AvgIpc) is 3.55. The van der Waals surface area contributed by atoms with Gasteiger partial charge in [-0.25, -0.2) is 17.8 Å². The quantitative estimate of drug-likeness (QED) is 0.0506. The first-order valence-corrected chi connectivity index (χ1v) is 19.1. The number of carbonyl (C=O) groups is 1. The van der Waals surface area contributed by atoms with E-state index in [-0.39, 0.29) is 42.7 Å². The van der Waals surface area contributed by atoms with E-state index in [0.717, 1.165) is 5.56 Å². The smallest absolute Gasteiger partial charge is 0.252 e. The number of aliphatic hydroxyl groups is 1. The highest BCUT2D eigenvalue weighted by Gasteiger charge is 2.54. The Balaban J connectivity index is 1.50. The van der Waals surface area contributed by atoms with E-state index in [0.29, 0.717) is 47.0 Å². The van der Waals surface area contributed by atoms with E-state index in [1.807, 2.05) is 0 Å². The zero-order chi connectivity index (χ0) is 36.1. The average molecular weight is 732 g/mol. The molecule has 1 aliphatic heterocycles. The maximum Gasteiger partial charge on any atom is 0.252 e. The van der Waals surface area contributed by atoms with Gasteiger partial charge < -0.3 is 19.9 Å². The van der Waals surface area contributed by atoms with Crippen LogP contribution in [0.3, 0.4) is 0 Å². The number of carbonyl (C=O) groups excluding carboxylic acids is 1. The molecule has 0 radical (unpaired) electrons. The maximum atomic E-state index is 14.5. The Labute approximate surface area is 300 Å². The monoisotopic (exact) mass is 731 g/mol. The van der Waals surface area contributed by atoms with E-state index in [1.165, 1.54) is 24.3 Å². The van der Waals surface area contributed by atoms with E-state index in [1.54, 1.807) is 90.6 Å². The minimum atomic E-state index is -3.85. The molecule has 4 aromatic carbocycles. The highest BCUT2D eigenvalue weighted by atomic mass is 32.2. The van der Waals surface area contributed by atoms with Crippen molar-refractivity contribution in [3.8, 4) is 5.75 Å². The van der Waals surface area contributed by atoms with Gasteiger partial charge in [0.25, 0.3) is 5.91 Å². The standard InChI is InChI=1S/C37H38FN5O6S2/c38-30-15-11-27(12-16-30)26-50-23-20-40-36(45)37(19-24-51(46,47)32-8-2-1-3-9-32)34(33-10-5-4-7-29(33)25-41-43-39)49-35(42-37)28-13-17-31(18-14-28)48-22-6-21-44/h1-5,7-18,34,44H,6,19-26H2,(H,40,45)/t34-,37-/m1/s1. The summed E-state index contributed by atoms with van der Waals surface area (Å²) in [5.41, 5.74) is 9.97. The van der Waals surface area contributed by atoms with Gasteiger partial charge in [-0.2, -0.15) is 11.8 Å². The van der Waals surface area contributed by atoms with Crippen molar-refractivity contribution in [1.29, 1.82) is 0 Å². The third kappa shape index (κ3) is 9.67. The minimum absolute atomic E-state index is 0.00233. The van der Waals surface area contributed by atoms with Crippen molar-refractivity contribution in [2.24, 2.45) is 10.1 Å². The number of rotatable bonds is 18. The lowest BCUT2D eigenvalue weighted by Crippen LogP contribution is -2.50. The van der Waals surface area contributed by atoms with Gasteiger partial charge in [-0.05, 0) is 70.8 Å². The molecular weight excluding hydrogens is 694 g/mol. The van der Waals surface area contributed by atoms with Gasteiger partial charge in [-0.1, -0.05) is 59.7 Å². The Morgan fingerprint density at radius 3 is 2.49 bits per heavy atom. The van der Waals surface area contributed by atoms with Crippen molar-refractivity contribution in [2.45, 2.75) is 41.7 Å². The summed E-state index contributed by atoms with van der Waals surface area (Å²) >= 11 is 1.55. The van der Waals surface area contributed by atoms with Gasteiger partial charge >= 0.3 is 0 Å². The van der Waals surface area contributed by atoms with Crippen molar-refractivity contribution in [3.63, 3.8) is 0 Å². The first kappa shape index (κ1) is 37.4. The molecule has 5 rings (SSSR count). The number of ether oxygens (including phenoxy) is 2. The van der Waals surface area contributed by atoms with Gasteiger partial charge in [0.2, 0.25) is 5.90 Å². The number of aliphatic imine (C=N–C) groups is 1. The second kappa shape index (κ2) is 17.9. The first-order valence-electron chi connectivity index (χ1n) is 16.3. The molecule has 0 spiro atoms. The van der Waals surface area contributed by atoms with Crippen LogP contribution in [0, 0.1) is 5.82 Å². The highest BCUT2D eigenvalue weighted by Crippen LogP contribution is 2.44. The van der Waals surface area contributed by atoms with Crippen molar-refractivity contribution in [1.82, 2.24) is 5.32 Å². The Morgan fingerprint density at radius 1 is 1.04 bits per heavy atom. The third-order valence-electron chi connectivity index (χ3n) is 8.24. The minimum Gasteiger partial charge on any atom is -0.494 e. The van der Waals surface area contributed by atoms with Crippen LogP contribution in [-0.4, -0.2) is 62.1 Å². The van der Waals surface area contributed by atoms with E-state index >= 15 is 0 Å². The van der Waals surface area contributed by atoms with Crippen LogP contribution in [0.1, 0.15) is 41.2 Å². The Hall–Kier alpha value is -4.88. The lowest BCUT2D eigenvalue weighted by Gasteiger charge is -2.31. The molecule has 4 aromatic rings. The first-order chi connectivity index (χ1) is 24.8. The molecule has 2 N–H and O–H groups in total. The molecule has 0 saturated carbocycles. The Kier molecular flexibility index (Phi) is 13.1. The third-order valence-corrected chi connectivity index (χ3v) is 11.0. The van der Waals surface area contributed by atoms with Gasteiger partial charge in [0.05, 0.1) is 23.8 Å². The molecule has 266 valence electrons. The number of halogens is 1. The van der Waals surface area contributed by atoms with Crippen LogP contribution in [0.5, 0.6) is 5.75 Å². The lowest BCUT2D eigenvalue weighted by atomic mass is 9.83. The van der Waals surface area contributed by atoms with Crippen LogP contribution < -0.4 is 10.1 Å². The molecular formula is C37H38FN5O6S2. The SMILES string of the molecule is [N-]=[N+]=NCc1ccccc1[C@H]1OC(c2ccc(OCCCO)cc2)=N[C@@]1(CCS(=O)(=O)c1ccccc1)C(=O)NCCSCc1ccc(F)cc1. The van der Waals surface area contributed by atoms with Crippen molar-refractivity contribution < 1.29 is 32.2 Å². The molecule has 51 heavy (non-hydrogen) atoms. The normalized spacial score (nSPS) is 16.8. The predicted molar refractivity (Wildman–Crippen MR) is 195 cm³/mol. The number of benzene rings is 4. The Morgan fingerprint density at radius 2 is 1.76 bits per heavy atom. The fourth-order valence-electron chi connectivity index (χ4n) is 5.59. The van der Waals surface area contributed by atoms with Gasteiger partial charge in [0.1, 0.15) is 11.6 Å². The molecule has 0 unspecified atom stereocenters. The van der Waals surface area contributed by atoms with E-state index in [9.17, 15) is 17.6 Å². The van der Waals surface area contributed by atoms with Gasteiger partial charge in [-0.15, -0.1) is 0 Å². The second-order valence-electron chi connectivity index (χ2n) is 11.7. The summed E-state index contributed by atoms with van der Waals surface area (Å²) < 4.78 is 52.8. The highest BCUT2D eigenvalue weighted by molar-refractivity contribution is 7.98. The molecule has 14 heteroatoms. The molecule has 0 saturated heterocycles. The van der Waals surface area contributed by atoms with Crippen LogP contribution in [0.4, 0.5) is 4.39 Å². The number of nitrogens with one attached hydrogen (secondary N) is 1. The summed E-state index contributed by atoms with van der Waals surface area (Å²) in [6, 6.07) is 28.2. The number of azide groups is 1. The molecule has 0 aliphatic carbocycles. The van der Waals surface area contributed by atoms with Gasteiger partial charge in [0, 0.05) is 48.0 Å². The van der Waals surface area contributed by atoms with Crippen LogP contribution in [0.15, 0.2) is 118 Å². The summed E-state index contributed by atoms with van der Waals surface area (Å²) in [6.45, 7) is 0.554. The van der Waals surface area contributed by atoms with Crippen molar-refractivity contribution >= 4 is 33.4 Å². The van der Waals surface area contributed by atoms with Crippen LogP contribution in [0.2, 0.25) is 0 Å². The number of hydrogen-bond donors (Lipinski definition) is 2. The van der Waals surface area contributed by atoms with Crippen molar-refractivity contribution in [3.05, 3.63) is 142 Å². The van der Waals surface area contributed by atoms with E-state index < -0.39 is 33.1 Å². The van der Waals surface area contributed by atoms with E-state index in [2.05, 4.69) is 15.3 Å². The fraction of sp³-hybridized carbons (Fsp3) is 0.297. The maximum absolute atomic E-state index is 14.5. The summed E-state index contributed by atoms with van der Waals surface area (Å²) in [5.74, 6) is 0.599. The molecule has 0 bridgehead atoms. The van der Waals surface area contributed by atoms with Crippen LogP contribution >= 0.6 is 11.8 Å². The number of amides is 1. The number of thioether (sulfide) groups is 1. The summed E-state index contributed by atoms with van der Waals surface area (Å²) in [4.78, 5) is 22.5. The lowest BCUT2D eigenvalue weighted by molar-refractivity contribution is -0.128. The fourth-order valence-corrected chi connectivity index (χ4v) is 7.79. The Bertz CT molecular complexity index is 1960. The second-order valence-corrected chi connectivity index (χ2v) is 14.9. The molecule has 0 fully saturated rings. The summed E-state index contributed by atoms with van der Waals surface area (Å²) in [5, 5.41) is 15.8. The number of aliphatic hydroxyl groups excluding tert-OH is 1. The summed E-state index contributed by atoms with van der Waals surface area (Å²) in [7, 11) is -3.85. The molecule has 2 atom stereocenters.